The van der Waals surface area contributed by atoms with Crippen molar-refractivity contribution in [2.75, 3.05) is 11.3 Å². The van der Waals surface area contributed by atoms with Crippen LogP contribution in [0.1, 0.15) is 18.1 Å². The molecule has 128 valence electrons. The van der Waals surface area contributed by atoms with Gasteiger partial charge in [-0.1, -0.05) is 24.3 Å². The van der Waals surface area contributed by atoms with Crippen molar-refractivity contribution in [1.82, 2.24) is 0 Å². The summed E-state index contributed by atoms with van der Waals surface area (Å²) in [4.78, 5) is 0.221. The van der Waals surface area contributed by atoms with Crippen LogP contribution in [0.2, 0.25) is 0 Å². The summed E-state index contributed by atoms with van der Waals surface area (Å²) in [6, 6.07) is 16.4. The van der Waals surface area contributed by atoms with Crippen molar-refractivity contribution in [3.8, 4) is 5.75 Å². The van der Waals surface area contributed by atoms with Gasteiger partial charge in [-0.2, -0.15) is 0 Å². The molecule has 0 aliphatic heterocycles. The fourth-order valence-electron chi connectivity index (χ4n) is 3.42. The molecule has 1 aliphatic rings. The summed E-state index contributed by atoms with van der Waals surface area (Å²) in [7, 11) is -3.65. The number of aryl methyl sites for hydroxylation is 2. The Labute approximate surface area is 147 Å². The molecule has 0 fully saturated rings. The van der Waals surface area contributed by atoms with Crippen molar-refractivity contribution in [1.29, 1.82) is 0 Å². The summed E-state index contributed by atoms with van der Waals surface area (Å²) < 4.78 is 33.6. The average Bonchev–Trinajstić information content (AvgIpc) is 3.03. The minimum atomic E-state index is -3.65. The monoisotopic (exact) mass is 353 g/mol. The normalized spacial score (nSPS) is 13.2. The fraction of sp³-hybridized carbons (Fsp3) is 0.200. The van der Waals surface area contributed by atoms with E-state index in [9.17, 15) is 8.42 Å². The highest BCUT2D eigenvalue weighted by molar-refractivity contribution is 7.92. The Balaban J connectivity index is 1.71. The van der Waals surface area contributed by atoms with E-state index in [1.165, 1.54) is 16.5 Å². The zero-order valence-electron chi connectivity index (χ0n) is 14.0. The van der Waals surface area contributed by atoms with Crippen molar-refractivity contribution < 1.29 is 13.2 Å². The van der Waals surface area contributed by atoms with Gasteiger partial charge < -0.3 is 4.74 Å². The zero-order chi connectivity index (χ0) is 17.4. The van der Waals surface area contributed by atoms with Gasteiger partial charge in [0, 0.05) is 5.39 Å². The summed E-state index contributed by atoms with van der Waals surface area (Å²) in [5, 5.41) is 2.15. The van der Waals surface area contributed by atoms with Crippen molar-refractivity contribution in [3.05, 3.63) is 65.7 Å². The highest BCUT2D eigenvalue weighted by Crippen LogP contribution is 2.35. The van der Waals surface area contributed by atoms with E-state index in [0.717, 1.165) is 18.2 Å². The van der Waals surface area contributed by atoms with Gasteiger partial charge in [-0.25, -0.2) is 8.42 Å². The van der Waals surface area contributed by atoms with Crippen molar-refractivity contribution >= 4 is 26.5 Å². The van der Waals surface area contributed by atoms with Crippen LogP contribution in [0.3, 0.4) is 0 Å². The maximum atomic E-state index is 12.7. The van der Waals surface area contributed by atoms with E-state index < -0.39 is 10.0 Å². The molecule has 1 N–H and O–H groups in total. The maximum Gasteiger partial charge on any atom is 0.261 e. The maximum absolute atomic E-state index is 12.7. The molecular weight excluding hydrogens is 334 g/mol. The molecule has 4 nitrogen and oxygen atoms in total. The number of hydrogen-bond acceptors (Lipinski definition) is 3. The van der Waals surface area contributed by atoms with Gasteiger partial charge in [-0.05, 0) is 66.6 Å². The smallest absolute Gasteiger partial charge is 0.261 e. The molecule has 1 aliphatic carbocycles. The van der Waals surface area contributed by atoms with Gasteiger partial charge in [0.1, 0.15) is 5.75 Å². The number of hydrogen-bond donors (Lipinski definition) is 1. The number of rotatable bonds is 5. The van der Waals surface area contributed by atoms with Gasteiger partial charge in [-0.15, -0.1) is 0 Å². The topological polar surface area (TPSA) is 55.4 Å². The number of anilines is 1. The molecule has 3 aromatic carbocycles. The van der Waals surface area contributed by atoms with Crippen LogP contribution in [0.25, 0.3) is 10.8 Å². The Morgan fingerprint density at radius 2 is 1.68 bits per heavy atom. The van der Waals surface area contributed by atoms with Gasteiger partial charge in [0.05, 0.1) is 17.2 Å². The minimum Gasteiger partial charge on any atom is -0.494 e. The molecule has 0 radical (unpaired) electrons. The summed E-state index contributed by atoms with van der Waals surface area (Å²) in [6.07, 6.45) is 2.03. The highest BCUT2D eigenvalue weighted by Gasteiger charge is 2.19. The Morgan fingerprint density at radius 3 is 2.40 bits per heavy atom. The number of nitrogens with one attached hydrogen (secondary N) is 1. The van der Waals surface area contributed by atoms with Gasteiger partial charge in [0.2, 0.25) is 0 Å². The predicted octanol–water partition coefficient (Wildman–Crippen LogP) is 4.14. The van der Waals surface area contributed by atoms with Crippen LogP contribution in [-0.4, -0.2) is 15.0 Å². The number of ether oxygens (including phenoxy) is 1. The lowest BCUT2D eigenvalue weighted by Gasteiger charge is -2.12. The summed E-state index contributed by atoms with van der Waals surface area (Å²) in [5.74, 6) is 0.659. The van der Waals surface area contributed by atoms with E-state index >= 15 is 0 Å². The first-order valence-electron chi connectivity index (χ1n) is 8.37. The molecule has 0 amide bonds. The molecular formula is C20H19NO3S. The van der Waals surface area contributed by atoms with Crippen LogP contribution in [0.5, 0.6) is 5.75 Å². The first-order chi connectivity index (χ1) is 12.1. The molecule has 0 saturated carbocycles. The molecule has 0 saturated heterocycles. The molecule has 0 spiro atoms. The first-order valence-corrected chi connectivity index (χ1v) is 9.86. The largest absolute Gasteiger partial charge is 0.494 e. The molecule has 0 aromatic heterocycles. The summed E-state index contributed by atoms with van der Waals surface area (Å²) >= 11 is 0. The lowest BCUT2D eigenvalue weighted by Crippen LogP contribution is -2.13. The molecule has 25 heavy (non-hydrogen) atoms. The standard InChI is InChI=1S/C20H19NO3S/c1-2-24-16-9-11-17(12-10-16)25(22,23)21-19-13-8-15-7-6-14-4-3-5-18(19)20(14)15/h3-5,8-13,21H,2,6-7H2,1H3. The predicted molar refractivity (Wildman–Crippen MR) is 99.8 cm³/mol. The van der Waals surface area contributed by atoms with E-state index in [1.807, 2.05) is 31.2 Å². The molecule has 0 heterocycles. The second-order valence-electron chi connectivity index (χ2n) is 6.12. The van der Waals surface area contributed by atoms with Crippen LogP contribution in [0, 0.1) is 0 Å². The van der Waals surface area contributed by atoms with Gasteiger partial charge in [0.15, 0.2) is 0 Å². The Bertz CT molecular complexity index is 1030. The Morgan fingerprint density at radius 1 is 0.960 bits per heavy atom. The summed E-state index contributed by atoms with van der Waals surface area (Å²) in [5.41, 5.74) is 3.20. The van der Waals surface area contributed by atoms with Crippen LogP contribution < -0.4 is 9.46 Å². The van der Waals surface area contributed by atoms with Crippen LogP contribution in [0.4, 0.5) is 5.69 Å². The van der Waals surface area contributed by atoms with Crippen LogP contribution >= 0.6 is 0 Å². The van der Waals surface area contributed by atoms with Crippen molar-refractivity contribution in [2.24, 2.45) is 0 Å². The van der Waals surface area contributed by atoms with Gasteiger partial charge in [0.25, 0.3) is 10.0 Å². The number of sulfonamides is 1. The van der Waals surface area contributed by atoms with Gasteiger partial charge in [-0.3, -0.25) is 4.72 Å². The van der Waals surface area contributed by atoms with Crippen molar-refractivity contribution in [2.45, 2.75) is 24.7 Å². The van der Waals surface area contributed by atoms with E-state index in [2.05, 4.69) is 10.8 Å². The Kier molecular flexibility index (Phi) is 3.88. The minimum absolute atomic E-state index is 0.221. The summed E-state index contributed by atoms with van der Waals surface area (Å²) in [6.45, 7) is 2.44. The molecule has 0 bridgehead atoms. The second kappa shape index (κ2) is 6.08. The van der Waals surface area contributed by atoms with Crippen LogP contribution in [-0.2, 0) is 22.9 Å². The fourth-order valence-corrected chi connectivity index (χ4v) is 4.50. The molecule has 0 unspecified atom stereocenters. The quantitative estimate of drug-likeness (QED) is 0.750. The van der Waals surface area contributed by atoms with Crippen LogP contribution in [0.15, 0.2) is 59.5 Å². The lowest BCUT2D eigenvalue weighted by atomic mass is 10.0. The molecule has 3 aromatic rings. The second-order valence-corrected chi connectivity index (χ2v) is 7.80. The third-order valence-corrected chi connectivity index (χ3v) is 5.95. The Hall–Kier alpha value is -2.53. The van der Waals surface area contributed by atoms with E-state index in [0.29, 0.717) is 18.0 Å². The van der Waals surface area contributed by atoms with E-state index in [4.69, 9.17) is 4.74 Å². The van der Waals surface area contributed by atoms with Crippen molar-refractivity contribution in [3.63, 3.8) is 0 Å². The van der Waals surface area contributed by atoms with E-state index in [1.54, 1.807) is 24.3 Å². The molecule has 0 atom stereocenters. The van der Waals surface area contributed by atoms with Gasteiger partial charge >= 0.3 is 0 Å². The third kappa shape index (κ3) is 2.85. The van der Waals surface area contributed by atoms with E-state index in [-0.39, 0.29) is 4.90 Å². The highest BCUT2D eigenvalue weighted by atomic mass is 32.2. The molecule has 5 heteroatoms. The number of benzene rings is 3. The third-order valence-electron chi connectivity index (χ3n) is 4.57. The SMILES string of the molecule is CCOc1ccc(S(=O)(=O)Nc2ccc3c4c(cccc24)CC3)cc1. The lowest BCUT2D eigenvalue weighted by molar-refractivity contribution is 0.340. The molecule has 4 rings (SSSR count). The zero-order valence-corrected chi connectivity index (χ0v) is 14.8. The average molecular weight is 353 g/mol. The first kappa shape index (κ1) is 16.0.